The van der Waals surface area contributed by atoms with E-state index in [9.17, 15) is 4.79 Å². The van der Waals surface area contributed by atoms with Gasteiger partial charge >= 0.3 is 0 Å². The zero-order valence-corrected chi connectivity index (χ0v) is 15.8. The highest BCUT2D eigenvalue weighted by Crippen LogP contribution is 2.36. The van der Waals surface area contributed by atoms with Crippen LogP contribution in [0.2, 0.25) is 0 Å². The summed E-state index contributed by atoms with van der Waals surface area (Å²) in [5, 5.41) is 3.97. The van der Waals surface area contributed by atoms with Gasteiger partial charge in [-0.15, -0.1) is 11.8 Å². The number of hydrogen-bond acceptors (Lipinski definition) is 5. The van der Waals surface area contributed by atoms with E-state index in [1.807, 2.05) is 30.1 Å². The van der Waals surface area contributed by atoms with Crippen LogP contribution in [0.1, 0.15) is 27.0 Å². The van der Waals surface area contributed by atoms with E-state index in [0.717, 1.165) is 57.8 Å². The Morgan fingerprint density at radius 2 is 2.19 bits per heavy atom. The highest BCUT2D eigenvalue weighted by Gasteiger charge is 2.21. The molecule has 0 bridgehead atoms. The van der Waals surface area contributed by atoms with Crippen LogP contribution in [0, 0.1) is 6.92 Å². The highest BCUT2D eigenvalue weighted by atomic mass is 32.2. The zero-order chi connectivity index (χ0) is 18.4. The van der Waals surface area contributed by atoms with Crippen LogP contribution in [0.3, 0.4) is 0 Å². The van der Waals surface area contributed by atoms with Crippen molar-refractivity contribution in [3.8, 4) is 0 Å². The quantitative estimate of drug-likeness (QED) is 0.718. The van der Waals surface area contributed by atoms with Gasteiger partial charge in [-0.05, 0) is 42.2 Å². The Hall–Kier alpha value is -2.80. The fourth-order valence-electron chi connectivity index (χ4n) is 3.72. The van der Waals surface area contributed by atoms with Gasteiger partial charge in [-0.25, -0.2) is 9.97 Å². The van der Waals surface area contributed by atoms with Crippen LogP contribution >= 0.6 is 11.8 Å². The maximum Gasteiger partial charge on any atom is 0.251 e. The topological polar surface area (TPSA) is 73.9 Å². The Balaban J connectivity index is 1.55. The first-order valence-corrected chi connectivity index (χ1v) is 10.0. The first-order valence-electron chi connectivity index (χ1n) is 9.02. The molecule has 0 fully saturated rings. The summed E-state index contributed by atoms with van der Waals surface area (Å²) in [5.41, 5.74) is 5.10. The number of fused-ring (bicyclic) bond motifs is 2. The lowest BCUT2D eigenvalue weighted by Gasteiger charge is -2.27. The molecule has 0 atom stereocenters. The van der Waals surface area contributed by atoms with E-state index in [-0.39, 0.29) is 5.91 Å². The number of nitrogens with one attached hydrogen (secondary N) is 2. The Morgan fingerprint density at radius 3 is 3.11 bits per heavy atom. The smallest absolute Gasteiger partial charge is 0.251 e. The van der Waals surface area contributed by atoms with Crippen LogP contribution < -0.4 is 10.2 Å². The fraction of sp³-hybridized carbons (Fsp3) is 0.250. The Labute approximate surface area is 161 Å². The van der Waals surface area contributed by atoms with Gasteiger partial charge in [0.1, 0.15) is 17.8 Å². The average Bonchev–Trinajstić information content (AvgIpc) is 3.09. The normalized spacial score (nSPS) is 16.9. The number of nitrogens with zero attached hydrogens (tertiary/aromatic N) is 3. The SMILES string of the molecule is Cc1c[nH]c2ncnc(N3C=C(c4ccc5c(c4)CCNC5=O)SCC3)c12. The molecule has 27 heavy (non-hydrogen) atoms. The maximum absolute atomic E-state index is 12.0. The Bertz CT molecular complexity index is 1090. The van der Waals surface area contributed by atoms with Gasteiger partial charge in [0.15, 0.2) is 0 Å². The largest absolute Gasteiger partial charge is 0.352 e. The lowest BCUT2D eigenvalue weighted by molar-refractivity contribution is 0.0946. The van der Waals surface area contributed by atoms with Crippen molar-refractivity contribution >= 4 is 39.4 Å². The molecule has 1 amide bonds. The van der Waals surface area contributed by atoms with Crippen molar-refractivity contribution < 1.29 is 4.79 Å². The summed E-state index contributed by atoms with van der Waals surface area (Å²) in [6, 6.07) is 6.15. The van der Waals surface area contributed by atoms with Gasteiger partial charge in [-0.2, -0.15) is 0 Å². The predicted octanol–water partition coefficient (Wildman–Crippen LogP) is 3.10. The molecule has 0 unspecified atom stereocenters. The Morgan fingerprint density at radius 1 is 1.26 bits per heavy atom. The molecular formula is C20H19N5OS. The number of benzene rings is 1. The third-order valence-corrected chi connectivity index (χ3v) is 6.13. The van der Waals surface area contributed by atoms with Gasteiger partial charge in [0.25, 0.3) is 5.91 Å². The summed E-state index contributed by atoms with van der Waals surface area (Å²) < 4.78 is 0. The molecule has 0 aliphatic carbocycles. The van der Waals surface area contributed by atoms with Crippen molar-refractivity contribution in [2.24, 2.45) is 0 Å². The van der Waals surface area contributed by atoms with E-state index >= 15 is 0 Å². The number of carbonyl (C=O) groups excluding carboxylic acids is 1. The summed E-state index contributed by atoms with van der Waals surface area (Å²) in [6.07, 6.45) is 6.64. The predicted molar refractivity (Wildman–Crippen MR) is 109 cm³/mol. The lowest BCUT2D eigenvalue weighted by atomic mass is 9.98. The van der Waals surface area contributed by atoms with E-state index in [0.29, 0.717) is 6.54 Å². The molecule has 1 aromatic carbocycles. The van der Waals surface area contributed by atoms with Gasteiger partial charge in [0.05, 0.1) is 5.39 Å². The van der Waals surface area contributed by atoms with Gasteiger partial charge in [-0.3, -0.25) is 4.79 Å². The molecule has 2 aliphatic heterocycles. The van der Waals surface area contributed by atoms with Crippen molar-refractivity contribution in [1.29, 1.82) is 0 Å². The molecule has 5 rings (SSSR count). The van der Waals surface area contributed by atoms with Crippen LogP contribution in [-0.4, -0.2) is 39.7 Å². The summed E-state index contributed by atoms with van der Waals surface area (Å²) in [7, 11) is 0. The van der Waals surface area contributed by atoms with E-state index < -0.39 is 0 Å². The van der Waals surface area contributed by atoms with Gasteiger partial charge in [0.2, 0.25) is 0 Å². The molecular weight excluding hydrogens is 358 g/mol. The fourth-order valence-corrected chi connectivity index (χ4v) is 4.72. The number of aromatic amines is 1. The summed E-state index contributed by atoms with van der Waals surface area (Å²) in [6.45, 7) is 3.68. The molecule has 0 spiro atoms. The highest BCUT2D eigenvalue weighted by molar-refractivity contribution is 8.08. The number of hydrogen-bond donors (Lipinski definition) is 2. The second-order valence-electron chi connectivity index (χ2n) is 6.81. The second-order valence-corrected chi connectivity index (χ2v) is 7.94. The second kappa shape index (κ2) is 6.42. The molecule has 3 aromatic rings. The van der Waals surface area contributed by atoms with E-state index in [1.54, 1.807) is 6.33 Å². The van der Waals surface area contributed by atoms with Crippen LogP contribution in [-0.2, 0) is 6.42 Å². The van der Waals surface area contributed by atoms with Gasteiger partial charge in [-0.1, -0.05) is 6.07 Å². The molecule has 0 saturated carbocycles. The Kier molecular flexibility index (Phi) is 3.89. The third kappa shape index (κ3) is 2.78. The molecule has 136 valence electrons. The molecule has 0 radical (unpaired) electrons. The molecule has 4 heterocycles. The van der Waals surface area contributed by atoms with Crippen LogP contribution in [0.4, 0.5) is 5.82 Å². The standard InChI is InChI=1S/C20H19N5OS/c1-12-9-22-18-17(12)19(24-11-23-18)25-6-7-27-16(10-25)14-2-3-15-13(8-14)4-5-21-20(15)26/h2-3,8-11H,4-7H2,1H3,(H,21,26)(H,22,23,24). The first-order chi connectivity index (χ1) is 13.2. The number of aryl methyl sites for hydroxylation is 1. The van der Waals surface area contributed by atoms with Crippen molar-refractivity contribution in [2.75, 3.05) is 23.7 Å². The maximum atomic E-state index is 12.0. The third-order valence-electron chi connectivity index (χ3n) is 5.10. The summed E-state index contributed by atoms with van der Waals surface area (Å²) in [4.78, 5) is 27.5. The minimum atomic E-state index is 0.0287. The van der Waals surface area contributed by atoms with Crippen molar-refractivity contribution in [3.63, 3.8) is 0 Å². The molecule has 2 N–H and O–H groups in total. The van der Waals surface area contributed by atoms with E-state index in [4.69, 9.17) is 0 Å². The lowest BCUT2D eigenvalue weighted by Crippen LogP contribution is -2.31. The first kappa shape index (κ1) is 16.4. The zero-order valence-electron chi connectivity index (χ0n) is 15.0. The number of rotatable bonds is 2. The number of amides is 1. The molecule has 0 saturated heterocycles. The van der Waals surface area contributed by atoms with Crippen LogP contribution in [0.15, 0.2) is 36.9 Å². The van der Waals surface area contributed by atoms with Crippen molar-refractivity contribution in [3.05, 3.63) is 59.2 Å². The molecule has 7 heteroatoms. The summed E-state index contributed by atoms with van der Waals surface area (Å²) in [5.74, 6) is 1.95. The minimum absolute atomic E-state index is 0.0287. The minimum Gasteiger partial charge on any atom is -0.352 e. The molecule has 2 aliphatic rings. The van der Waals surface area contributed by atoms with Crippen molar-refractivity contribution in [1.82, 2.24) is 20.3 Å². The van der Waals surface area contributed by atoms with E-state index in [2.05, 4.69) is 44.4 Å². The summed E-state index contributed by atoms with van der Waals surface area (Å²) >= 11 is 1.85. The van der Waals surface area contributed by atoms with Crippen LogP contribution in [0.25, 0.3) is 15.9 Å². The van der Waals surface area contributed by atoms with E-state index in [1.165, 1.54) is 4.91 Å². The van der Waals surface area contributed by atoms with Gasteiger partial charge in [0, 0.05) is 41.7 Å². The van der Waals surface area contributed by atoms with Crippen LogP contribution in [0.5, 0.6) is 0 Å². The van der Waals surface area contributed by atoms with Gasteiger partial charge < -0.3 is 15.2 Å². The molecule has 6 nitrogen and oxygen atoms in total. The number of carbonyl (C=O) groups is 1. The van der Waals surface area contributed by atoms with Crippen molar-refractivity contribution in [2.45, 2.75) is 13.3 Å². The monoisotopic (exact) mass is 377 g/mol. The number of H-pyrrole nitrogens is 1. The molecule has 2 aromatic heterocycles. The number of anilines is 1. The number of thioether (sulfide) groups is 1. The number of aromatic nitrogens is 3. The average molecular weight is 377 g/mol.